The second kappa shape index (κ2) is 11.8. The van der Waals surface area contributed by atoms with Crippen LogP contribution in [0.2, 0.25) is 0 Å². The van der Waals surface area contributed by atoms with Crippen molar-refractivity contribution >= 4 is 34.6 Å². The molecule has 186 valence electrons. The number of hydrogen-bond donors (Lipinski definition) is 0. The molecular formula is C33H29IO3. The molecule has 3 nitrogen and oxygen atoms in total. The van der Waals surface area contributed by atoms with Gasteiger partial charge < -0.3 is 9.47 Å². The van der Waals surface area contributed by atoms with Gasteiger partial charge >= 0.3 is 5.97 Å². The number of hydrogen-bond acceptors (Lipinski definition) is 3. The van der Waals surface area contributed by atoms with Crippen molar-refractivity contribution in [2.75, 3.05) is 7.11 Å². The lowest BCUT2D eigenvalue weighted by Gasteiger charge is -2.29. The van der Waals surface area contributed by atoms with Crippen molar-refractivity contribution in [3.8, 4) is 5.75 Å². The molecule has 0 amide bonds. The minimum atomic E-state index is -0.363. The average molecular weight is 600 g/mol. The third-order valence-corrected chi connectivity index (χ3v) is 7.79. The van der Waals surface area contributed by atoms with E-state index in [0.717, 1.165) is 22.4 Å². The number of cyclic esters (lactones) is 1. The molecular weight excluding hydrogens is 571 g/mol. The Morgan fingerprint density at radius 3 is 2.16 bits per heavy atom. The Bertz CT molecular complexity index is 1330. The van der Waals surface area contributed by atoms with Crippen LogP contribution in [0.25, 0.3) is 6.08 Å². The van der Waals surface area contributed by atoms with E-state index in [2.05, 4.69) is 95.4 Å². The van der Waals surface area contributed by atoms with Crippen LogP contribution in [0.15, 0.2) is 115 Å². The number of esters is 1. The molecule has 0 radical (unpaired) electrons. The molecule has 1 aliphatic rings. The molecule has 4 heteroatoms. The summed E-state index contributed by atoms with van der Waals surface area (Å²) in [6.45, 7) is 0. The van der Waals surface area contributed by atoms with Gasteiger partial charge in [0, 0.05) is 15.4 Å². The molecule has 4 atom stereocenters. The molecule has 0 aliphatic carbocycles. The van der Waals surface area contributed by atoms with Gasteiger partial charge in [-0.05, 0) is 75.5 Å². The van der Waals surface area contributed by atoms with E-state index in [1.54, 1.807) is 7.11 Å². The largest absolute Gasteiger partial charge is 0.497 e. The highest BCUT2D eigenvalue weighted by Gasteiger charge is 2.48. The number of rotatable bonds is 8. The molecule has 1 heterocycles. The van der Waals surface area contributed by atoms with Crippen molar-refractivity contribution in [3.05, 3.63) is 141 Å². The second-order valence-corrected chi connectivity index (χ2v) is 10.6. The normalized spacial score (nSPS) is 20.1. The van der Waals surface area contributed by atoms with Crippen molar-refractivity contribution < 1.29 is 14.3 Å². The zero-order valence-corrected chi connectivity index (χ0v) is 22.8. The van der Waals surface area contributed by atoms with E-state index in [0.29, 0.717) is 6.42 Å². The molecule has 4 aromatic rings. The quantitative estimate of drug-likeness (QED) is 0.153. The minimum absolute atomic E-state index is 0.0196. The molecule has 1 fully saturated rings. The van der Waals surface area contributed by atoms with Crippen LogP contribution < -0.4 is 4.74 Å². The van der Waals surface area contributed by atoms with Crippen LogP contribution >= 0.6 is 22.6 Å². The van der Waals surface area contributed by atoms with Gasteiger partial charge in [0.2, 0.25) is 0 Å². The monoisotopic (exact) mass is 600 g/mol. The van der Waals surface area contributed by atoms with E-state index in [-0.39, 0.29) is 29.8 Å². The maximum absolute atomic E-state index is 13.5. The molecule has 0 aromatic heterocycles. The van der Waals surface area contributed by atoms with Crippen LogP contribution in [0.3, 0.4) is 0 Å². The van der Waals surface area contributed by atoms with E-state index in [1.165, 1.54) is 9.13 Å². The number of methoxy groups -OCH3 is 1. The molecule has 4 aromatic carbocycles. The number of carbonyl (C=O) groups excluding carboxylic acids is 1. The van der Waals surface area contributed by atoms with Crippen molar-refractivity contribution in [1.82, 2.24) is 0 Å². The number of carbonyl (C=O) groups is 1. The maximum atomic E-state index is 13.5. The summed E-state index contributed by atoms with van der Waals surface area (Å²) in [7, 11) is 1.66. The fourth-order valence-electron chi connectivity index (χ4n) is 5.19. The minimum Gasteiger partial charge on any atom is -0.497 e. The summed E-state index contributed by atoms with van der Waals surface area (Å²) in [6, 6.07) is 37.1. The number of benzene rings is 4. The van der Waals surface area contributed by atoms with Gasteiger partial charge in [-0.2, -0.15) is 0 Å². The van der Waals surface area contributed by atoms with Crippen LogP contribution in [0.5, 0.6) is 5.75 Å². The maximum Gasteiger partial charge on any atom is 0.310 e. The van der Waals surface area contributed by atoms with Crippen molar-refractivity contribution in [2.24, 2.45) is 11.8 Å². The summed E-state index contributed by atoms with van der Waals surface area (Å²) in [5, 5.41) is 0. The Labute approximate surface area is 232 Å². The molecule has 1 saturated heterocycles. The van der Waals surface area contributed by atoms with Gasteiger partial charge in [-0.15, -0.1) is 0 Å². The summed E-state index contributed by atoms with van der Waals surface area (Å²) in [6.07, 6.45) is 4.68. The topological polar surface area (TPSA) is 35.5 Å². The van der Waals surface area contributed by atoms with Gasteiger partial charge in [-0.25, -0.2) is 0 Å². The summed E-state index contributed by atoms with van der Waals surface area (Å²) >= 11 is 2.31. The number of ether oxygens (including phenoxy) is 2. The van der Waals surface area contributed by atoms with Crippen molar-refractivity contribution in [1.29, 1.82) is 0 Å². The van der Waals surface area contributed by atoms with Gasteiger partial charge in [0.25, 0.3) is 0 Å². The van der Waals surface area contributed by atoms with E-state index >= 15 is 0 Å². The first-order chi connectivity index (χ1) is 18.1. The van der Waals surface area contributed by atoms with Gasteiger partial charge in [-0.1, -0.05) is 97.1 Å². The SMILES string of the molecule is COc1ccc([C@@H]2OC(=O)[C@H](Cc3ccc(I)cc3)[C@H]2[C@H](/C=C/c2ccccc2)c2ccccc2)cc1. The Morgan fingerprint density at radius 1 is 0.865 bits per heavy atom. The first kappa shape index (κ1) is 25.3. The first-order valence-corrected chi connectivity index (χ1v) is 13.6. The lowest BCUT2D eigenvalue weighted by Crippen LogP contribution is -2.25. The summed E-state index contributed by atoms with van der Waals surface area (Å²) in [4.78, 5) is 13.5. The number of halogens is 1. The highest BCUT2D eigenvalue weighted by Crippen LogP contribution is 2.49. The van der Waals surface area contributed by atoms with Crippen molar-refractivity contribution in [2.45, 2.75) is 18.4 Å². The highest BCUT2D eigenvalue weighted by atomic mass is 127. The van der Waals surface area contributed by atoms with Crippen LogP contribution in [0, 0.1) is 15.4 Å². The van der Waals surface area contributed by atoms with E-state index in [9.17, 15) is 4.79 Å². The van der Waals surface area contributed by atoms with Gasteiger partial charge in [0.1, 0.15) is 11.9 Å². The smallest absolute Gasteiger partial charge is 0.310 e. The Balaban J connectivity index is 1.59. The summed E-state index contributed by atoms with van der Waals surface area (Å²) < 4.78 is 12.7. The molecule has 0 N–H and O–H groups in total. The fraction of sp³-hybridized carbons (Fsp3) is 0.182. The Hall–Kier alpha value is -3.38. The lowest BCUT2D eigenvalue weighted by atomic mass is 9.72. The predicted octanol–water partition coefficient (Wildman–Crippen LogP) is 7.87. The van der Waals surface area contributed by atoms with Crippen LogP contribution in [-0.4, -0.2) is 13.1 Å². The fourth-order valence-corrected chi connectivity index (χ4v) is 5.55. The molecule has 0 bridgehead atoms. The third-order valence-electron chi connectivity index (χ3n) is 7.07. The van der Waals surface area contributed by atoms with Crippen molar-refractivity contribution in [3.63, 3.8) is 0 Å². The molecule has 0 saturated carbocycles. The lowest BCUT2D eigenvalue weighted by molar-refractivity contribution is -0.144. The van der Waals surface area contributed by atoms with Gasteiger partial charge in [0.05, 0.1) is 13.0 Å². The first-order valence-electron chi connectivity index (χ1n) is 12.5. The molecule has 0 spiro atoms. The average Bonchev–Trinajstić information content (AvgIpc) is 3.26. The van der Waals surface area contributed by atoms with Gasteiger partial charge in [-0.3, -0.25) is 4.79 Å². The standard InChI is InChI=1S/C33H29IO3/c1-36-28-19-15-26(16-20-28)32-31(30(33(35)37-32)22-24-12-17-27(34)18-13-24)29(25-10-6-3-7-11-25)21-14-23-8-4-2-5-9-23/h2-21,29-32H,22H2,1H3/b21-14+/t29-,30-,31-,32+/m1/s1. The predicted molar refractivity (Wildman–Crippen MR) is 156 cm³/mol. The zero-order valence-electron chi connectivity index (χ0n) is 20.7. The summed E-state index contributed by atoms with van der Waals surface area (Å²) in [5.74, 6) is 0.260. The third kappa shape index (κ3) is 5.96. The van der Waals surface area contributed by atoms with Crippen LogP contribution in [0.4, 0.5) is 0 Å². The molecule has 1 aliphatic heterocycles. The van der Waals surface area contributed by atoms with E-state index < -0.39 is 0 Å². The molecule has 0 unspecified atom stereocenters. The van der Waals surface area contributed by atoms with Crippen LogP contribution in [-0.2, 0) is 16.0 Å². The Morgan fingerprint density at radius 2 is 1.51 bits per heavy atom. The van der Waals surface area contributed by atoms with Gasteiger partial charge in [0.15, 0.2) is 0 Å². The molecule has 5 rings (SSSR count). The molecule has 37 heavy (non-hydrogen) atoms. The van der Waals surface area contributed by atoms with E-state index in [4.69, 9.17) is 9.47 Å². The second-order valence-electron chi connectivity index (χ2n) is 9.35. The number of allylic oxidation sites excluding steroid dienone is 1. The van der Waals surface area contributed by atoms with Crippen LogP contribution in [0.1, 0.15) is 34.3 Å². The zero-order chi connectivity index (χ0) is 25.6. The van der Waals surface area contributed by atoms with E-state index in [1.807, 2.05) is 48.5 Å². The summed E-state index contributed by atoms with van der Waals surface area (Å²) in [5.41, 5.74) is 4.42. The Kier molecular flexibility index (Phi) is 8.05. The highest BCUT2D eigenvalue weighted by molar-refractivity contribution is 14.1.